The average Bonchev–Trinajstić information content (AvgIpc) is 2.42. The van der Waals surface area contributed by atoms with Gasteiger partial charge in [-0.3, -0.25) is 4.90 Å². The van der Waals surface area contributed by atoms with E-state index in [1.54, 1.807) is 0 Å². The van der Waals surface area contributed by atoms with Crippen LogP contribution in [0.15, 0.2) is 42.5 Å². The van der Waals surface area contributed by atoms with Gasteiger partial charge >= 0.3 is 6.09 Å². The van der Waals surface area contributed by atoms with Gasteiger partial charge in [-0.25, -0.2) is 4.79 Å². The lowest BCUT2D eigenvalue weighted by Crippen LogP contribution is -2.37. The van der Waals surface area contributed by atoms with E-state index < -0.39 is 11.7 Å². The van der Waals surface area contributed by atoms with Crippen molar-refractivity contribution in [1.29, 1.82) is 0 Å². The quantitative estimate of drug-likeness (QED) is 0.771. The zero-order valence-electron chi connectivity index (χ0n) is 12.6. The Kier molecular flexibility index (Phi) is 4.18. The van der Waals surface area contributed by atoms with E-state index in [1.807, 2.05) is 63.2 Å². The summed E-state index contributed by atoms with van der Waals surface area (Å²) in [7, 11) is 0. The number of terminal acetylenes is 1. The van der Waals surface area contributed by atoms with E-state index in [4.69, 9.17) is 11.2 Å². The highest BCUT2D eigenvalue weighted by Gasteiger charge is 2.23. The number of hydrogen-bond acceptors (Lipinski definition) is 2. The zero-order chi connectivity index (χ0) is 15.5. The van der Waals surface area contributed by atoms with Crippen LogP contribution in [0.5, 0.6) is 0 Å². The van der Waals surface area contributed by atoms with E-state index in [-0.39, 0.29) is 6.54 Å². The number of fused-ring (bicyclic) bond motifs is 1. The second kappa shape index (κ2) is 5.88. The molecule has 0 aliphatic carbocycles. The highest BCUT2D eigenvalue weighted by Crippen LogP contribution is 2.27. The first-order valence-electron chi connectivity index (χ1n) is 6.84. The lowest BCUT2D eigenvalue weighted by molar-refractivity contribution is 0.0585. The maximum absolute atomic E-state index is 12.4. The summed E-state index contributed by atoms with van der Waals surface area (Å²) in [6, 6.07) is 13.7. The Morgan fingerprint density at radius 2 is 1.86 bits per heavy atom. The van der Waals surface area contributed by atoms with Crippen molar-refractivity contribution in [2.75, 3.05) is 11.4 Å². The Bertz CT molecular complexity index is 687. The number of amides is 1. The Hall–Kier alpha value is -2.47. The van der Waals surface area contributed by atoms with Crippen LogP contribution in [0.3, 0.4) is 0 Å². The summed E-state index contributed by atoms with van der Waals surface area (Å²) in [5.41, 5.74) is 0.203. The molecule has 0 bridgehead atoms. The van der Waals surface area contributed by atoms with E-state index >= 15 is 0 Å². The van der Waals surface area contributed by atoms with Crippen molar-refractivity contribution in [2.45, 2.75) is 26.4 Å². The first-order valence-corrected chi connectivity index (χ1v) is 6.84. The molecule has 0 spiro atoms. The predicted octanol–water partition coefficient (Wildman–Crippen LogP) is 4.21. The molecule has 0 atom stereocenters. The first kappa shape index (κ1) is 14.9. The number of rotatable bonds is 2. The molecule has 3 nitrogen and oxygen atoms in total. The van der Waals surface area contributed by atoms with Crippen LogP contribution in [0.2, 0.25) is 0 Å². The minimum atomic E-state index is -0.561. The summed E-state index contributed by atoms with van der Waals surface area (Å²) in [5, 5.41) is 2.03. The van der Waals surface area contributed by atoms with Gasteiger partial charge in [-0.05, 0) is 32.2 Å². The zero-order valence-corrected chi connectivity index (χ0v) is 12.6. The van der Waals surface area contributed by atoms with Crippen molar-refractivity contribution >= 4 is 22.6 Å². The van der Waals surface area contributed by atoms with Crippen LogP contribution < -0.4 is 4.90 Å². The van der Waals surface area contributed by atoms with Gasteiger partial charge in [0, 0.05) is 5.39 Å². The van der Waals surface area contributed by atoms with Crippen molar-refractivity contribution < 1.29 is 9.53 Å². The summed E-state index contributed by atoms with van der Waals surface area (Å²) < 4.78 is 5.45. The van der Waals surface area contributed by atoms with Crippen LogP contribution in [0.4, 0.5) is 10.5 Å². The summed E-state index contributed by atoms with van der Waals surface area (Å²) >= 11 is 0. The maximum atomic E-state index is 12.4. The Labute approximate surface area is 125 Å². The number of carbonyl (C=O) groups is 1. The van der Waals surface area contributed by atoms with E-state index in [1.165, 1.54) is 4.90 Å². The third kappa shape index (κ3) is 3.55. The molecular weight excluding hydrogens is 262 g/mol. The summed E-state index contributed by atoms with van der Waals surface area (Å²) in [5.74, 6) is 2.52. The second-order valence-corrected chi connectivity index (χ2v) is 5.77. The molecule has 0 unspecified atom stereocenters. The lowest BCUT2D eigenvalue weighted by Gasteiger charge is -2.27. The number of ether oxygens (including phenoxy) is 1. The molecule has 0 aliphatic heterocycles. The standard InChI is InChI=1S/C18H19NO2/c1-5-13-19(17(20)21-18(2,3)4)16-12-8-10-14-9-6-7-11-15(14)16/h1,6-12H,13H2,2-4H3. The van der Waals surface area contributed by atoms with Gasteiger partial charge in [0.15, 0.2) is 0 Å². The Morgan fingerprint density at radius 1 is 1.19 bits per heavy atom. The molecule has 2 aromatic rings. The SMILES string of the molecule is C#CCN(C(=O)OC(C)(C)C)c1cccc2ccccc12. The van der Waals surface area contributed by atoms with E-state index in [0.29, 0.717) is 0 Å². The molecule has 2 rings (SSSR count). The third-order valence-electron chi connectivity index (χ3n) is 2.92. The van der Waals surface area contributed by atoms with Crippen LogP contribution >= 0.6 is 0 Å². The Morgan fingerprint density at radius 3 is 2.52 bits per heavy atom. The Balaban J connectivity index is 2.46. The average molecular weight is 281 g/mol. The van der Waals surface area contributed by atoms with Gasteiger partial charge in [-0.1, -0.05) is 42.3 Å². The van der Waals surface area contributed by atoms with Crippen molar-refractivity contribution in [3.8, 4) is 12.3 Å². The molecule has 21 heavy (non-hydrogen) atoms. The van der Waals surface area contributed by atoms with E-state index in [9.17, 15) is 4.79 Å². The number of benzene rings is 2. The fourth-order valence-electron chi connectivity index (χ4n) is 2.10. The summed E-state index contributed by atoms with van der Waals surface area (Å²) in [6.07, 6.45) is 4.98. The van der Waals surface area contributed by atoms with Gasteiger partial charge in [0.1, 0.15) is 5.60 Å². The molecule has 0 aliphatic rings. The number of carbonyl (C=O) groups excluding carboxylic acids is 1. The number of hydrogen-bond donors (Lipinski definition) is 0. The van der Waals surface area contributed by atoms with Gasteiger partial charge in [-0.15, -0.1) is 6.42 Å². The maximum Gasteiger partial charge on any atom is 0.415 e. The number of anilines is 1. The minimum absolute atomic E-state index is 0.170. The summed E-state index contributed by atoms with van der Waals surface area (Å²) in [4.78, 5) is 13.9. The predicted molar refractivity (Wildman–Crippen MR) is 86.4 cm³/mol. The van der Waals surface area contributed by atoms with E-state index in [2.05, 4.69) is 5.92 Å². The highest BCUT2D eigenvalue weighted by molar-refractivity contribution is 6.01. The first-order chi connectivity index (χ1) is 9.92. The van der Waals surface area contributed by atoms with Crippen LogP contribution in [-0.4, -0.2) is 18.2 Å². The fourth-order valence-corrected chi connectivity index (χ4v) is 2.10. The molecule has 0 aromatic heterocycles. The van der Waals surface area contributed by atoms with Crippen molar-refractivity contribution in [3.05, 3.63) is 42.5 Å². The van der Waals surface area contributed by atoms with Crippen LogP contribution in [-0.2, 0) is 4.74 Å². The van der Waals surface area contributed by atoms with Crippen molar-refractivity contribution in [1.82, 2.24) is 0 Å². The smallest absolute Gasteiger partial charge is 0.415 e. The third-order valence-corrected chi connectivity index (χ3v) is 2.92. The molecule has 0 saturated carbocycles. The molecule has 3 heteroatoms. The van der Waals surface area contributed by atoms with Crippen molar-refractivity contribution in [2.24, 2.45) is 0 Å². The lowest BCUT2D eigenvalue weighted by atomic mass is 10.1. The topological polar surface area (TPSA) is 29.5 Å². The van der Waals surface area contributed by atoms with Gasteiger partial charge in [0.25, 0.3) is 0 Å². The van der Waals surface area contributed by atoms with Crippen LogP contribution in [0, 0.1) is 12.3 Å². The minimum Gasteiger partial charge on any atom is -0.443 e. The molecule has 1 amide bonds. The molecule has 0 heterocycles. The van der Waals surface area contributed by atoms with Crippen LogP contribution in [0.1, 0.15) is 20.8 Å². The number of nitrogens with zero attached hydrogens (tertiary/aromatic N) is 1. The monoisotopic (exact) mass is 281 g/mol. The molecule has 2 aromatic carbocycles. The second-order valence-electron chi connectivity index (χ2n) is 5.77. The molecule has 0 saturated heterocycles. The largest absolute Gasteiger partial charge is 0.443 e. The van der Waals surface area contributed by atoms with Gasteiger partial charge < -0.3 is 4.74 Å². The normalized spacial score (nSPS) is 11.0. The van der Waals surface area contributed by atoms with Gasteiger partial charge in [0.2, 0.25) is 0 Å². The molecule has 0 radical (unpaired) electrons. The van der Waals surface area contributed by atoms with E-state index in [0.717, 1.165) is 16.5 Å². The molecular formula is C18H19NO2. The molecule has 0 fully saturated rings. The van der Waals surface area contributed by atoms with Crippen molar-refractivity contribution in [3.63, 3.8) is 0 Å². The fraction of sp³-hybridized carbons (Fsp3) is 0.278. The molecule has 0 N–H and O–H groups in total. The molecule has 108 valence electrons. The van der Waals surface area contributed by atoms with Crippen LogP contribution in [0.25, 0.3) is 10.8 Å². The van der Waals surface area contributed by atoms with Gasteiger partial charge in [-0.2, -0.15) is 0 Å². The van der Waals surface area contributed by atoms with Gasteiger partial charge in [0.05, 0.1) is 12.2 Å². The highest BCUT2D eigenvalue weighted by atomic mass is 16.6. The summed E-state index contributed by atoms with van der Waals surface area (Å²) in [6.45, 7) is 5.68.